The molecule has 1 aliphatic heterocycles. The molecular weight excluding hydrogens is 224 g/mol. The number of aliphatic hydroxyl groups excluding tert-OH is 1. The van der Waals surface area contributed by atoms with Crippen LogP contribution >= 0.6 is 0 Å². The van der Waals surface area contributed by atoms with Crippen LogP contribution in [0.1, 0.15) is 25.3 Å². The van der Waals surface area contributed by atoms with Crippen LogP contribution in [0.25, 0.3) is 0 Å². The average Bonchev–Trinajstić information content (AvgIpc) is 2.31. The highest BCUT2D eigenvalue weighted by atomic mass is 32.2. The van der Waals surface area contributed by atoms with Crippen LogP contribution in [0.4, 0.5) is 0 Å². The van der Waals surface area contributed by atoms with Gasteiger partial charge in [-0.1, -0.05) is 32.0 Å². The number of benzene rings is 1. The van der Waals surface area contributed by atoms with Crippen LogP contribution in [0, 0.1) is 5.92 Å². The van der Waals surface area contributed by atoms with E-state index in [0.717, 1.165) is 5.56 Å². The highest BCUT2D eigenvalue weighted by Crippen LogP contribution is 2.34. The first-order valence-electron chi connectivity index (χ1n) is 5.43. The van der Waals surface area contributed by atoms with Crippen LogP contribution in [-0.4, -0.2) is 25.4 Å². The molecule has 2 rings (SSSR count). The molecule has 0 radical (unpaired) electrons. The molecule has 3 nitrogen and oxygen atoms in total. The number of hydrogen-bond acceptors (Lipinski definition) is 3. The lowest BCUT2D eigenvalue weighted by Crippen LogP contribution is -2.26. The van der Waals surface area contributed by atoms with Gasteiger partial charge in [0.1, 0.15) is 0 Å². The maximum Gasteiger partial charge on any atom is 0.179 e. The van der Waals surface area contributed by atoms with E-state index >= 15 is 0 Å². The topological polar surface area (TPSA) is 54.4 Å². The molecule has 1 aliphatic rings. The standard InChI is InChI=1S/C12H16O3S/c1-8-7-16(14,15)11-6-4-3-5-10(11)9(2)12(8)13/h3-6,8-9,12-13H,7H2,1-2H3/t8-,9+,12-/m0/s1. The first kappa shape index (κ1) is 11.6. The minimum Gasteiger partial charge on any atom is -0.392 e. The third kappa shape index (κ3) is 1.76. The van der Waals surface area contributed by atoms with Crippen molar-refractivity contribution in [2.24, 2.45) is 5.92 Å². The quantitative estimate of drug-likeness (QED) is 0.749. The van der Waals surface area contributed by atoms with Crippen LogP contribution in [0.15, 0.2) is 29.2 Å². The van der Waals surface area contributed by atoms with Crippen LogP contribution in [0.3, 0.4) is 0 Å². The number of sulfone groups is 1. The number of aliphatic hydroxyl groups is 1. The second kappa shape index (κ2) is 3.86. The summed E-state index contributed by atoms with van der Waals surface area (Å²) < 4.78 is 24.2. The van der Waals surface area contributed by atoms with Gasteiger partial charge in [0.05, 0.1) is 16.8 Å². The maximum atomic E-state index is 12.1. The van der Waals surface area contributed by atoms with Crippen molar-refractivity contribution in [3.8, 4) is 0 Å². The SMILES string of the molecule is C[C@@H]1c2ccccc2S(=O)(=O)C[C@H](C)[C@@H]1O. The molecular formula is C12H16O3S. The predicted molar refractivity (Wildman–Crippen MR) is 62.1 cm³/mol. The van der Waals surface area contributed by atoms with Gasteiger partial charge in [0.25, 0.3) is 0 Å². The summed E-state index contributed by atoms with van der Waals surface area (Å²) in [5.41, 5.74) is 0.736. The van der Waals surface area contributed by atoms with Gasteiger partial charge in [-0.15, -0.1) is 0 Å². The van der Waals surface area contributed by atoms with E-state index in [9.17, 15) is 13.5 Å². The zero-order valence-electron chi connectivity index (χ0n) is 9.42. The van der Waals surface area contributed by atoms with E-state index < -0.39 is 15.9 Å². The molecule has 88 valence electrons. The van der Waals surface area contributed by atoms with Crippen molar-refractivity contribution in [2.75, 3.05) is 5.75 Å². The summed E-state index contributed by atoms with van der Waals surface area (Å²) >= 11 is 0. The number of rotatable bonds is 0. The molecule has 3 atom stereocenters. The van der Waals surface area contributed by atoms with Crippen molar-refractivity contribution in [1.29, 1.82) is 0 Å². The van der Waals surface area contributed by atoms with Gasteiger partial charge in [-0.05, 0) is 17.5 Å². The van der Waals surface area contributed by atoms with Crippen LogP contribution in [0.2, 0.25) is 0 Å². The van der Waals surface area contributed by atoms with Crippen LogP contribution < -0.4 is 0 Å². The van der Waals surface area contributed by atoms with Crippen molar-refractivity contribution in [1.82, 2.24) is 0 Å². The summed E-state index contributed by atoms with van der Waals surface area (Å²) in [6.07, 6.45) is -0.599. The molecule has 0 saturated heterocycles. The Hall–Kier alpha value is -0.870. The molecule has 1 heterocycles. The summed E-state index contributed by atoms with van der Waals surface area (Å²) in [5, 5.41) is 10.0. The van der Waals surface area contributed by atoms with Crippen molar-refractivity contribution in [3.05, 3.63) is 29.8 Å². The molecule has 0 fully saturated rings. The van der Waals surface area contributed by atoms with E-state index in [1.165, 1.54) is 0 Å². The summed E-state index contributed by atoms with van der Waals surface area (Å²) in [4.78, 5) is 0.380. The molecule has 1 aromatic carbocycles. The summed E-state index contributed by atoms with van der Waals surface area (Å²) in [7, 11) is -3.25. The lowest BCUT2D eigenvalue weighted by Gasteiger charge is -2.21. The maximum absolute atomic E-state index is 12.1. The second-order valence-corrected chi connectivity index (χ2v) is 6.58. The molecule has 0 bridgehead atoms. The molecule has 16 heavy (non-hydrogen) atoms. The van der Waals surface area contributed by atoms with E-state index in [1.54, 1.807) is 25.1 Å². The molecule has 0 spiro atoms. The Morgan fingerprint density at radius 1 is 1.25 bits per heavy atom. The largest absolute Gasteiger partial charge is 0.392 e. The molecule has 0 saturated carbocycles. The fourth-order valence-corrected chi connectivity index (χ4v) is 4.32. The van der Waals surface area contributed by atoms with E-state index in [0.29, 0.717) is 4.90 Å². The van der Waals surface area contributed by atoms with E-state index in [2.05, 4.69) is 0 Å². The van der Waals surface area contributed by atoms with Gasteiger partial charge >= 0.3 is 0 Å². The zero-order chi connectivity index (χ0) is 11.9. The Kier molecular flexibility index (Phi) is 2.80. The molecule has 1 N–H and O–H groups in total. The van der Waals surface area contributed by atoms with Gasteiger partial charge in [0, 0.05) is 5.92 Å². The molecule has 0 aliphatic carbocycles. The minimum atomic E-state index is -3.25. The third-order valence-electron chi connectivity index (χ3n) is 3.32. The lowest BCUT2D eigenvalue weighted by molar-refractivity contribution is 0.104. The average molecular weight is 240 g/mol. The van der Waals surface area contributed by atoms with Gasteiger partial charge in [-0.2, -0.15) is 0 Å². The highest BCUT2D eigenvalue weighted by molar-refractivity contribution is 7.91. The van der Waals surface area contributed by atoms with Crippen molar-refractivity contribution in [2.45, 2.75) is 30.8 Å². The van der Waals surface area contributed by atoms with Gasteiger partial charge in [-0.25, -0.2) is 8.42 Å². The molecule has 0 aromatic heterocycles. The number of fused-ring (bicyclic) bond motifs is 1. The first-order valence-corrected chi connectivity index (χ1v) is 7.08. The fourth-order valence-electron chi connectivity index (χ4n) is 2.35. The van der Waals surface area contributed by atoms with Gasteiger partial charge in [-0.3, -0.25) is 0 Å². The van der Waals surface area contributed by atoms with Crippen molar-refractivity contribution < 1.29 is 13.5 Å². The summed E-state index contributed by atoms with van der Waals surface area (Å²) in [6.45, 7) is 3.66. The Morgan fingerprint density at radius 3 is 2.56 bits per heavy atom. The van der Waals surface area contributed by atoms with E-state index in [1.807, 2.05) is 13.0 Å². The molecule has 0 amide bonds. The van der Waals surface area contributed by atoms with Crippen molar-refractivity contribution in [3.63, 3.8) is 0 Å². The molecule has 4 heteroatoms. The number of hydrogen-bond donors (Lipinski definition) is 1. The Bertz CT molecular complexity index is 493. The van der Waals surface area contributed by atoms with Gasteiger partial charge in [0.15, 0.2) is 9.84 Å². The summed E-state index contributed by atoms with van der Waals surface area (Å²) in [5.74, 6) is -0.342. The van der Waals surface area contributed by atoms with E-state index in [-0.39, 0.29) is 17.6 Å². The molecule has 0 unspecified atom stereocenters. The smallest absolute Gasteiger partial charge is 0.179 e. The third-order valence-corrected chi connectivity index (χ3v) is 5.33. The Balaban J connectivity index is 2.66. The fraction of sp³-hybridized carbons (Fsp3) is 0.500. The normalized spacial score (nSPS) is 32.8. The first-order chi connectivity index (χ1) is 7.43. The molecule has 1 aromatic rings. The zero-order valence-corrected chi connectivity index (χ0v) is 10.2. The monoisotopic (exact) mass is 240 g/mol. The lowest BCUT2D eigenvalue weighted by atomic mass is 9.89. The highest BCUT2D eigenvalue weighted by Gasteiger charge is 2.34. The Labute approximate surface area is 96.0 Å². The minimum absolute atomic E-state index is 0.0233. The van der Waals surface area contributed by atoms with Crippen LogP contribution in [0.5, 0.6) is 0 Å². The Morgan fingerprint density at radius 2 is 1.88 bits per heavy atom. The van der Waals surface area contributed by atoms with Gasteiger partial charge in [0.2, 0.25) is 0 Å². The van der Waals surface area contributed by atoms with Gasteiger partial charge < -0.3 is 5.11 Å². The van der Waals surface area contributed by atoms with Crippen LogP contribution in [-0.2, 0) is 9.84 Å². The van der Waals surface area contributed by atoms with E-state index in [4.69, 9.17) is 0 Å². The second-order valence-electron chi connectivity index (χ2n) is 4.58. The van der Waals surface area contributed by atoms with Crippen molar-refractivity contribution >= 4 is 9.84 Å². The predicted octanol–water partition coefficient (Wildman–Crippen LogP) is 1.57. The summed E-state index contributed by atoms with van der Waals surface area (Å²) in [6, 6.07) is 6.96.